The van der Waals surface area contributed by atoms with E-state index in [1.165, 1.54) is 17.7 Å². The van der Waals surface area contributed by atoms with Crippen LogP contribution in [0.3, 0.4) is 0 Å². The molecule has 0 bridgehead atoms. The van der Waals surface area contributed by atoms with Gasteiger partial charge >= 0.3 is 5.69 Å². The maximum absolute atomic E-state index is 11.9. The smallest absolute Gasteiger partial charge is 0.330 e. The molecule has 5 heteroatoms. The van der Waals surface area contributed by atoms with Crippen LogP contribution >= 0.6 is 0 Å². The van der Waals surface area contributed by atoms with Crippen LogP contribution in [0.15, 0.2) is 46.0 Å². The quantitative estimate of drug-likeness (QED) is 0.752. The van der Waals surface area contributed by atoms with Gasteiger partial charge in [0.1, 0.15) is 12.2 Å². The van der Waals surface area contributed by atoms with Gasteiger partial charge in [0, 0.05) is 20.2 Å². The average molecular weight is 258 g/mol. The molecule has 2 heterocycles. The minimum atomic E-state index is -0.329. The number of ether oxygens (including phenoxy) is 1. The lowest BCUT2D eigenvalue weighted by Crippen LogP contribution is -2.37. The van der Waals surface area contributed by atoms with E-state index in [-0.39, 0.29) is 23.5 Å². The van der Waals surface area contributed by atoms with Crippen molar-refractivity contribution in [3.8, 4) is 0 Å². The summed E-state index contributed by atoms with van der Waals surface area (Å²) in [4.78, 5) is 23.5. The van der Waals surface area contributed by atoms with Gasteiger partial charge in [-0.05, 0) is 5.56 Å². The fourth-order valence-corrected chi connectivity index (χ4v) is 2.26. The summed E-state index contributed by atoms with van der Waals surface area (Å²) < 4.78 is 8.17. The monoisotopic (exact) mass is 258 g/mol. The third-order valence-corrected chi connectivity index (χ3v) is 3.47. The first kappa shape index (κ1) is 11.9. The van der Waals surface area contributed by atoms with Crippen molar-refractivity contribution in [2.24, 2.45) is 14.1 Å². The second-order valence-electron chi connectivity index (χ2n) is 4.70. The predicted molar refractivity (Wildman–Crippen MR) is 69.9 cm³/mol. The summed E-state index contributed by atoms with van der Waals surface area (Å²) in [6.07, 6.45) is -0.284. The Kier molecular flexibility index (Phi) is 2.64. The third-order valence-electron chi connectivity index (χ3n) is 3.47. The van der Waals surface area contributed by atoms with Crippen molar-refractivity contribution >= 4 is 0 Å². The zero-order valence-electron chi connectivity index (χ0n) is 10.7. The van der Waals surface area contributed by atoms with Crippen molar-refractivity contribution in [3.05, 3.63) is 68.5 Å². The Morgan fingerprint density at radius 1 is 1.00 bits per heavy atom. The van der Waals surface area contributed by atoms with Crippen LogP contribution in [0.2, 0.25) is 0 Å². The standard InChI is InChI=1S/C14H14N2O3/c1-15-10(8-11(17)16(2)14(15)18)13-12(19-13)9-6-4-3-5-7-9/h3-8,12-13H,1-2H3/t12-,13+/m0/s1. The van der Waals surface area contributed by atoms with Crippen molar-refractivity contribution < 1.29 is 4.74 Å². The first-order valence-corrected chi connectivity index (χ1v) is 6.07. The zero-order chi connectivity index (χ0) is 13.6. The maximum Gasteiger partial charge on any atom is 0.330 e. The molecule has 1 saturated heterocycles. The van der Waals surface area contributed by atoms with Crippen molar-refractivity contribution in [2.75, 3.05) is 0 Å². The molecule has 5 nitrogen and oxygen atoms in total. The summed E-state index contributed by atoms with van der Waals surface area (Å²) >= 11 is 0. The van der Waals surface area contributed by atoms with Crippen LogP contribution in [0.5, 0.6) is 0 Å². The van der Waals surface area contributed by atoms with Gasteiger partial charge in [-0.15, -0.1) is 0 Å². The lowest BCUT2D eigenvalue weighted by molar-refractivity contribution is 0.369. The van der Waals surface area contributed by atoms with Crippen LogP contribution in [-0.4, -0.2) is 9.13 Å². The van der Waals surface area contributed by atoms with E-state index in [4.69, 9.17) is 4.74 Å². The zero-order valence-corrected chi connectivity index (χ0v) is 10.7. The molecule has 3 rings (SSSR count). The lowest BCUT2D eigenvalue weighted by atomic mass is 10.1. The molecule has 1 aliphatic rings. The van der Waals surface area contributed by atoms with Crippen LogP contribution in [0.1, 0.15) is 23.5 Å². The van der Waals surface area contributed by atoms with Crippen LogP contribution in [-0.2, 0) is 18.8 Å². The molecule has 0 N–H and O–H groups in total. The predicted octanol–water partition coefficient (Wildman–Crippen LogP) is 0.897. The summed E-state index contributed by atoms with van der Waals surface area (Å²) in [6, 6.07) is 11.2. The molecule has 0 aliphatic carbocycles. The molecule has 1 aromatic carbocycles. The molecular formula is C14H14N2O3. The van der Waals surface area contributed by atoms with E-state index >= 15 is 0 Å². The van der Waals surface area contributed by atoms with Gasteiger partial charge in [-0.2, -0.15) is 0 Å². The highest BCUT2D eigenvalue weighted by Gasteiger charge is 2.43. The summed E-state index contributed by atoms with van der Waals surface area (Å²) in [5.74, 6) is 0. The van der Waals surface area contributed by atoms with Gasteiger partial charge < -0.3 is 4.74 Å². The first-order chi connectivity index (χ1) is 9.09. The molecule has 1 aromatic heterocycles. The Bertz CT molecular complexity index is 731. The molecule has 2 aromatic rings. The number of aromatic nitrogens is 2. The van der Waals surface area contributed by atoms with Gasteiger partial charge in [0.25, 0.3) is 5.56 Å². The fourth-order valence-electron chi connectivity index (χ4n) is 2.26. The SMILES string of the molecule is Cn1c([C@H]2O[C@H]2c2ccccc2)cc(=O)n(C)c1=O. The molecule has 0 radical (unpaired) electrons. The van der Waals surface area contributed by atoms with E-state index < -0.39 is 0 Å². The van der Waals surface area contributed by atoms with Gasteiger partial charge in [0.15, 0.2) is 0 Å². The van der Waals surface area contributed by atoms with Crippen LogP contribution < -0.4 is 11.2 Å². The van der Waals surface area contributed by atoms with Gasteiger partial charge in [-0.3, -0.25) is 13.9 Å². The van der Waals surface area contributed by atoms with E-state index in [9.17, 15) is 9.59 Å². The summed E-state index contributed by atoms with van der Waals surface area (Å²) in [7, 11) is 3.12. The Hall–Kier alpha value is -2.14. The van der Waals surface area contributed by atoms with Crippen LogP contribution in [0, 0.1) is 0 Å². The fraction of sp³-hybridized carbons (Fsp3) is 0.286. The van der Waals surface area contributed by atoms with Crippen molar-refractivity contribution in [1.82, 2.24) is 9.13 Å². The molecule has 98 valence electrons. The van der Waals surface area contributed by atoms with Crippen LogP contribution in [0.4, 0.5) is 0 Å². The molecule has 0 unspecified atom stereocenters. The summed E-state index contributed by atoms with van der Waals surface area (Å²) in [6.45, 7) is 0. The molecule has 1 fully saturated rings. The lowest BCUT2D eigenvalue weighted by Gasteiger charge is -2.06. The first-order valence-electron chi connectivity index (χ1n) is 6.07. The molecule has 0 saturated carbocycles. The highest BCUT2D eigenvalue weighted by Crippen LogP contribution is 2.50. The minimum absolute atomic E-state index is 0.0705. The number of hydrogen-bond donors (Lipinski definition) is 0. The second-order valence-corrected chi connectivity index (χ2v) is 4.70. The average Bonchev–Trinajstić information content (AvgIpc) is 3.22. The Labute approximate surface area is 109 Å². The molecular weight excluding hydrogens is 244 g/mol. The normalized spacial score (nSPS) is 21.4. The van der Waals surface area contributed by atoms with E-state index in [1.807, 2.05) is 30.3 Å². The van der Waals surface area contributed by atoms with Crippen molar-refractivity contribution in [1.29, 1.82) is 0 Å². The Balaban J connectivity index is 1.99. The topological polar surface area (TPSA) is 56.5 Å². The third kappa shape index (κ3) is 1.92. The molecule has 19 heavy (non-hydrogen) atoms. The van der Waals surface area contributed by atoms with Gasteiger partial charge in [-0.25, -0.2) is 4.79 Å². The molecule has 1 aliphatic heterocycles. The second kappa shape index (κ2) is 4.20. The highest BCUT2D eigenvalue weighted by atomic mass is 16.6. The summed E-state index contributed by atoms with van der Waals surface area (Å²) in [5.41, 5.74) is 1.05. The molecule has 0 spiro atoms. The van der Waals surface area contributed by atoms with E-state index in [0.29, 0.717) is 5.69 Å². The van der Waals surface area contributed by atoms with Gasteiger partial charge in [0.05, 0.1) is 5.69 Å². The van der Waals surface area contributed by atoms with E-state index in [0.717, 1.165) is 10.1 Å². The minimum Gasteiger partial charge on any atom is -0.358 e. The van der Waals surface area contributed by atoms with Crippen LogP contribution in [0.25, 0.3) is 0 Å². The number of nitrogens with zero attached hydrogens (tertiary/aromatic N) is 2. The Morgan fingerprint density at radius 2 is 1.68 bits per heavy atom. The van der Waals surface area contributed by atoms with Crippen molar-refractivity contribution in [2.45, 2.75) is 12.2 Å². The number of rotatable bonds is 2. The van der Waals surface area contributed by atoms with Gasteiger partial charge in [0.2, 0.25) is 0 Å². The number of benzene rings is 1. The largest absolute Gasteiger partial charge is 0.358 e. The van der Waals surface area contributed by atoms with E-state index in [1.54, 1.807) is 7.05 Å². The highest BCUT2D eigenvalue weighted by molar-refractivity contribution is 5.26. The number of hydrogen-bond acceptors (Lipinski definition) is 3. The molecule has 2 atom stereocenters. The van der Waals surface area contributed by atoms with Crippen molar-refractivity contribution in [3.63, 3.8) is 0 Å². The van der Waals surface area contributed by atoms with E-state index in [2.05, 4.69) is 0 Å². The summed E-state index contributed by atoms with van der Waals surface area (Å²) in [5, 5.41) is 0. The number of epoxide rings is 1. The molecule has 0 amide bonds. The maximum atomic E-state index is 11.9. The van der Waals surface area contributed by atoms with Gasteiger partial charge in [-0.1, -0.05) is 30.3 Å². The Morgan fingerprint density at radius 3 is 2.37 bits per heavy atom.